The first-order valence-electron chi connectivity index (χ1n) is 18.2. The summed E-state index contributed by atoms with van der Waals surface area (Å²) in [5, 5.41) is 2.61. The topological polar surface area (TPSA) is 229 Å². The van der Waals surface area contributed by atoms with E-state index in [1.165, 1.54) is 48.5 Å². The van der Waals surface area contributed by atoms with E-state index in [0.29, 0.717) is 32.9 Å². The first-order chi connectivity index (χ1) is 29.8. The molecule has 0 N–H and O–H groups in total. The van der Waals surface area contributed by atoms with Crippen molar-refractivity contribution in [2.75, 3.05) is 10.7 Å². The Morgan fingerprint density at radius 3 is 0.712 bits per heavy atom. The molecule has 0 atom stereocenters. The maximum Gasteiger partial charge on any atom is 2.00 e. The molecule has 0 radical (unpaired) electrons. The van der Waals surface area contributed by atoms with E-state index < -0.39 is 75.9 Å². The molecule has 0 saturated heterocycles. The molecule has 0 saturated carbocycles. The number of hydrogen-bond donors (Lipinski definition) is 0. The van der Waals surface area contributed by atoms with Gasteiger partial charge in [-0.3, -0.25) is 0 Å². The molecule has 0 unspecified atom stereocenters. The third kappa shape index (κ3) is 17.9. The molecular weight excluding hydrogens is 1240 g/mol. The summed E-state index contributed by atoms with van der Waals surface area (Å²) in [5.41, 5.74) is 2.85. The smallest absolute Gasteiger partial charge is 0.744 e. The predicted octanol–water partition coefficient (Wildman–Crippen LogP) is 6.04. The van der Waals surface area contributed by atoms with E-state index in [1.54, 1.807) is 113 Å². The van der Waals surface area contributed by atoms with E-state index in [-0.39, 0.29) is 72.7 Å². The van der Waals surface area contributed by atoms with Crippen molar-refractivity contribution >= 4 is 135 Å². The van der Waals surface area contributed by atoms with Gasteiger partial charge in [0, 0.05) is 0 Å². The molecule has 24 heteroatoms. The molecule has 6 aromatic rings. The van der Waals surface area contributed by atoms with Crippen molar-refractivity contribution in [1.29, 1.82) is 0 Å². The largest absolute Gasteiger partial charge is 2.00 e. The summed E-state index contributed by atoms with van der Waals surface area (Å²) in [6, 6.07) is 34.8. The van der Waals surface area contributed by atoms with Gasteiger partial charge in [-0.05, 0) is 123 Å². The number of benzene rings is 6. The molecular formula is C42H40Cl4O12P2Pd2S4+2. The Morgan fingerprint density at radius 1 is 0.364 bits per heavy atom. The van der Waals surface area contributed by atoms with Crippen LogP contribution in [0.25, 0.3) is 0 Å². The van der Waals surface area contributed by atoms with Crippen LogP contribution in [0.1, 0.15) is 22.3 Å². The van der Waals surface area contributed by atoms with Gasteiger partial charge < -0.3 is 18.2 Å². The standard InChI is InChI=1S/2C20H19O6PS2.2CH2Cl2.2Pd/c2*1-14-8-10-19(28(21,22)23)17(12-14)27(16-6-4-3-5-7-16)18-13-15(2)9-11-20(18)29(24,25)26;2*2-1-3;;/h2*3-13H,1-2H3,(H,21,22,23)(H,24,25,26);2*1H2;;/q;;;;2*+2/p-2. The van der Waals surface area contributed by atoms with Gasteiger partial charge >= 0.3 is 40.8 Å². The van der Waals surface area contributed by atoms with Gasteiger partial charge in [0.05, 0.1) is 30.3 Å². The van der Waals surface area contributed by atoms with Gasteiger partial charge in [-0.25, -0.2) is 33.7 Å². The zero-order chi connectivity index (χ0) is 48.2. The predicted molar refractivity (Wildman–Crippen MR) is 257 cm³/mol. The fourth-order valence-electron chi connectivity index (χ4n) is 6.35. The molecule has 0 aliphatic rings. The number of alkyl halides is 4. The maximum absolute atomic E-state index is 12.0. The van der Waals surface area contributed by atoms with Crippen molar-refractivity contribution in [3.8, 4) is 0 Å². The Labute approximate surface area is 436 Å². The van der Waals surface area contributed by atoms with Gasteiger partial charge in [0.25, 0.3) is 0 Å². The van der Waals surface area contributed by atoms with Crippen LogP contribution in [0.2, 0.25) is 0 Å². The van der Waals surface area contributed by atoms with Crippen LogP contribution in [0.3, 0.4) is 0 Å². The van der Waals surface area contributed by atoms with Gasteiger partial charge in [-0.2, -0.15) is 0 Å². The molecule has 0 bridgehead atoms. The summed E-state index contributed by atoms with van der Waals surface area (Å²) < 4.78 is 144. The second-order valence-electron chi connectivity index (χ2n) is 13.5. The summed E-state index contributed by atoms with van der Waals surface area (Å²) in [7, 11) is -23.9. The van der Waals surface area contributed by atoms with Gasteiger partial charge in [0.1, 0.15) is 88.1 Å². The number of rotatable bonds is 10. The minimum Gasteiger partial charge on any atom is -0.744 e. The molecule has 0 aliphatic heterocycles. The number of aryl methyl sites for hydroxylation is 4. The van der Waals surface area contributed by atoms with Crippen molar-refractivity contribution < 1.29 is 92.7 Å². The van der Waals surface area contributed by atoms with Crippen molar-refractivity contribution in [2.45, 2.75) is 47.3 Å². The third-order valence-electron chi connectivity index (χ3n) is 8.82. The Kier molecular flexibility index (Phi) is 26.1. The van der Waals surface area contributed by atoms with Gasteiger partial charge in [-0.15, -0.1) is 46.4 Å². The van der Waals surface area contributed by atoms with Crippen LogP contribution in [0.15, 0.2) is 153 Å². The van der Waals surface area contributed by atoms with Crippen LogP contribution in [-0.4, -0.2) is 62.6 Å². The minimum absolute atomic E-state index is 0. The Morgan fingerprint density at radius 2 is 0.545 bits per heavy atom. The first-order valence-corrected chi connectivity index (χ1v) is 28.9. The molecule has 66 heavy (non-hydrogen) atoms. The number of hydrogen-bond acceptors (Lipinski definition) is 12. The maximum atomic E-state index is 12.0. The first kappa shape index (κ1) is 62.3. The second kappa shape index (κ2) is 27.6. The van der Waals surface area contributed by atoms with Crippen LogP contribution in [0.5, 0.6) is 0 Å². The van der Waals surface area contributed by atoms with Crippen molar-refractivity contribution in [3.05, 3.63) is 156 Å². The third-order valence-corrected chi connectivity index (χ3v) is 18.8. The fourth-order valence-corrected chi connectivity index (χ4v) is 17.0. The molecule has 0 amide bonds. The summed E-state index contributed by atoms with van der Waals surface area (Å²) in [4.78, 5) is -1.62. The normalized spacial score (nSPS) is 11.4. The average molecular weight is 1280 g/mol. The quantitative estimate of drug-likeness (QED) is 0.0662. The Balaban J connectivity index is 0.000000574. The molecule has 360 valence electrons. The van der Waals surface area contributed by atoms with Crippen molar-refractivity contribution in [1.82, 2.24) is 0 Å². The minimum atomic E-state index is -4.82. The molecule has 0 aliphatic carbocycles. The average Bonchev–Trinajstić information content (AvgIpc) is 3.18. The van der Waals surface area contributed by atoms with Gasteiger partial charge in [0.2, 0.25) is 0 Å². The van der Waals surface area contributed by atoms with Crippen LogP contribution < -0.4 is 31.8 Å². The molecule has 6 aromatic carbocycles. The van der Waals surface area contributed by atoms with E-state index >= 15 is 0 Å². The summed E-state index contributed by atoms with van der Waals surface area (Å²) in [5.74, 6) is 0. The van der Waals surface area contributed by atoms with Crippen LogP contribution >= 0.6 is 62.2 Å². The second-order valence-corrected chi connectivity index (χ2v) is 25.3. The Hall–Kier alpha value is -1.70. The van der Waals surface area contributed by atoms with Crippen molar-refractivity contribution in [3.63, 3.8) is 0 Å². The molecule has 6 rings (SSSR count). The van der Waals surface area contributed by atoms with Crippen LogP contribution in [-0.2, 0) is 81.3 Å². The van der Waals surface area contributed by atoms with Crippen molar-refractivity contribution in [2.24, 2.45) is 0 Å². The summed E-state index contributed by atoms with van der Waals surface area (Å²) in [6.45, 7) is 6.99. The Bertz CT molecular complexity index is 2650. The monoisotopic (exact) mass is 1280 g/mol. The fraction of sp³-hybridized carbons (Fsp3) is 0.143. The molecule has 0 aromatic heterocycles. The molecule has 12 nitrogen and oxygen atoms in total. The van der Waals surface area contributed by atoms with E-state index in [2.05, 4.69) is 0 Å². The number of halogens is 4. The molecule has 0 fully saturated rings. The van der Waals surface area contributed by atoms with Gasteiger partial charge in [-0.1, -0.05) is 60.7 Å². The van der Waals surface area contributed by atoms with E-state index in [0.717, 1.165) is 0 Å². The zero-order valence-electron chi connectivity index (χ0n) is 34.8. The van der Waals surface area contributed by atoms with E-state index in [4.69, 9.17) is 46.4 Å². The van der Waals surface area contributed by atoms with Crippen LogP contribution in [0, 0.1) is 27.7 Å². The summed E-state index contributed by atoms with van der Waals surface area (Å²) >= 11 is 19.1. The van der Waals surface area contributed by atoms with E-state index in [1.807, 2.05) is 0 Å². The SMILES string of the molecule is Cc1ccc(S(=O)(=O)[O-])c([PH+](c2ccccc2)c2cc(C)ccc2S(=O)(=O)[O-])c1.Cc1ccc(S(=O)(=O)[O-])c([PH+](c2ccccc2)c2cc(C)ccc2S(=O)(=O)[O-])c1.ClCCl.ClCCl.[Pd+2].[Pd+2]. The molecule has 0 spiro atoms. The molecule has 0 heterocycles. The van der Waals surface area contributed by atoms with E-state index in [9.17, 15) is 51.9 Å². The van der Waals surface area contributed by atoms with Gasteiger partial charge in [0.15, 0.2) is 0 Å². The summed E-state index contributed by atoms with van der Waals surface area (Å²) in [6.07, 6.45) is 0. The van der Waals surface area contributed by atoms with Crippen LogP contribution in [0.4, 0.5) is 0 Å². The zero-order valence-corrected chi connectivity index (χ0v) is 46.2.